The highest BCUT2D eigenvalue weighted by Crippen LogP contribution is 2.44. The number of thiazole rings is 1. The highest BCUT2D eigenvalue weighted by Gasteiger charge is 2.26. The van der Waals surface area contributed by atoms with Crippen LogP contribution in [0.3, 0.4) is 0 Å². The Hall–Kier alpha value is -2.46. The molecule has 0 aliphatic carbocycles. The zero-order chi connectivity index (χ0) is 24.6. The molecular formula is C23H18Cl2F2N4OS2. The number of aromatic nitrogens is 3. The van der Waals surface area contributed by atoms with Crippen LogP contribution in [-0.2, 0) is 16.4 Å². The molecule has 0 fully saturated rings. The third kappa shape index (κ3) is 4.98. The molecule has 4 rings (SSSR count). The number of rotatable bonds is 5. The second kappa shape index (κ2) is 9.65. The third-order valence-electron chi connectivity index (χ3n) is 4.69. The summed E-state index contributed by atoms with van der Waals surface area (Å²) in [6.45, 7) is 6.12. The first kappa shape index (κ1) is 24.7. The Bertz CT molecular complexity index is 1390. The molecule has 0 spiro atoms. The molecule has 1 N–H and O–H groups in total. The van der Waals surface area contributed by atoms with Crippen LogP contribution in [0.4, 0.5) is 14.5 Å². The molecule has 4 aromatic rings. The molecule has 2 aromatic carbocycles. The maximum absolute atomic E-state index is 14.1. The van der Waals surface area contributed by atoms with Crippen molar-refractivity contribution in [2.24, 2.45) is 0 Å². The van der Waals surface area contributed by atoms with Gasteiger partial charge in [0.05, 0.1) is 32.0 Å². The summed E-state index contributed by atoms with van der Waals surface area (Å²) in [4.78, 5) is 13.2. The van der Waals surface area contributed by atoms with Crippen LogP contribution in [0.15, 0.2) is 53.6 Å². The fourth-order valence-electron chi connectivity index (χ4n) is 3.06. The minimum Gasteiger partial charge on any atom is -0.299 e. The molecule has 0 radical (unpaired) electrons. The Labute approximate surface area is 211 Å². The Balaban J connectivity index is 1.81. The minimum atomic E-state index is -2.23. The van der Waals surface area contributed by atoms with Gasteiger partial charge in [-0.15, -0.1) is 11.3 Å². The summed E-state index contributed by atoms with van der Waals surface area (Å²) in [5.41, 5.74) is 1.66. The molecule has 1 atom stereocenters. The van der Waals surface area contributed by atoms with E-state index < -0.39 is 27.5 Å². The number of hydrogen-bond donors (Lipinski definition) is 1. The lowest BCUT2D eigenvalue weighted by atomic mass is 9.98. The number of hydrogen-bond acceptors (Lipinski definition) is 5. The van der Waals surface area contributed by atoms with Crippen molar-refractivity contribution in [1.82, 2.24) is 15.0 Å². The molecule has 5 nitrogen and oxygen atoms in total. The van der Waals surface area contributed by atoms with Crippen LogP contribution in [-0.4, -0.2) is 19.2 Å². The molecule has 2 aromatic heterocycles. The van der Waals surface area contributed by atoms with Crippen molar-refractivity contribution in [2.45, 2.75) is 31.1 Å². The van der Waals surface area contributed by atoms with Gasteiger partial charge >= 0.3 is 0 Å². The van der Waals surface area contributed by atoms with Gasteiger partial charge in [0.2, 0.25) is 5.28 Å². The quantitative estimate of drug-likeness (QED) is 0.271. The van der Waals surface area contributed by atoms with Crippen LogP contribution < -0.4 is 4.72 Å². The number of halogens is 4. The van der Waals surface area contributed by atoms with Gasteiger partial charge in [0.15, 0.2) is 11.0 Å². The van der Waals surface area contributed by atoms with E-state index in [0.29, 0.717) is 17.0 Å². The molecule has 2 heterocycles. The van der Waals surface area contributed by atoms with Crippen LogP contribution in [0.5, 0.6) is 0 Å². The highest BCUT2D eigenvalue weighted by molar-refractivity contribution is 7.86. The summed E-state index contributed by atoms with van der Waals surface area (Å²) in [6.07, 6.45) is 1.55. The van der Waals surface area contributed by atoms with Crippen molar-refractivity contribution in [3.05, 3.63) is 75.6 Å². The molecule has 176 valence electrons. The van der Waals surface area contributed by atoms with E-state index >= 15 is 0 Å². The van der Waals surface area contributed by atoms with Gasteiger partial charge in [-0.05, 0) is 35.9 Å². The second-order valence-corrected chi connectivity index (χ2v) is 11.1. The van der Waals surface area contributed by atoms with E-state index in [9.17, 15) is 13.0 Å². The van der Waals surface area contributed by atoms with E-state index in [-0.39, 0.29) is 21.4 Å². The molecular weight excluding hydrogens is 521 g/mol. The Morgan fingerprint density at radius 2 is 1.68 bits per heavy atom. The van der Waals surface area contributed by atoms with E-state index in [1.807, 2.05) is 20.8 Å². The van der Waals surface area contributed by atoms with Crippen LogP contribution in [0.2, 0.25) is 10.3 Å². The van der Waals surface area contributed by atoms with E-state index in [4.69, 9.17) is 28.2 Å². The first-order valence-corrected chi connectivity index (χ1v) is 12.7. The van der Waals surface area contributed by atoms with Gasteiger partial charge in [0.1, 0.15) is 16.5 Å². The van der Waals surface area contributed by atoms with Gasteiger partial charge in [0.25, 0.3) is 0 Å². The van der Waals surface area contributed by atoms with Crippen molar-refractivity contribution >= 4 is 51.2 Å². The molecule has 1 unspecified atom stereocenters. The van der Waals surface area contributed by atoms with Crippen molar-refractivity contribution in [1.29, 1.82) is 0 Å². The number of benzene rings is 2. The average Bonchev–Trinajstić information content (AvgIpc) is 3.21. The fourth-order valence-corrected chi connectivity index (χ4v) is 5.60. The molecule has 0 bridgehead atoms. The Morgan fingerprint density at radius 1 is 1.00 bits per heavy atom. The molecule has 0 aliphatic heterocycles. The SMILES string of the molecule is CC(C)(C)c1nc(-c2cccc(NS(=O)c3c(F)cccc3F)c2Cl)c(-c2ccnc(Cl)n2)s1. The van der Waals surface area contributed by atoms with Gasteiger partial charge in [0, 0.05) is 17.2 Å². The van der Waals surface area contributed by atoms with Gasteiger partial charge in [-0.2, -0.15) is 0 Å². The molecule has 0 aliphatic rings. The number of nitrogens with zero attached hydrogens (tertiary/aromatic N) is 3. The van der Waals surface area contributed by atoms with E-state index in [1.54, 1.807) is 30.5 Å². The lowest BCUT2D eigenvalue weighted by molar-refractivity contribution is 0.535. The van der Waals surface area contributed by atoms with E-state index in [0.717, 1.165) is 22.0 Å². The predicted molar refractivity (Wildman–Crippen MR) is 134 cm³/mol. The van der Waals surface area contributed by atoms with E-state index in [2.05, 4.69) is 14.7 Å². The van der Waals surface area contributed by atoms with Gasteiger partial charge in [-0.1, -0.05) is 50.6 Å². The lowest BCUT2D eigenvalue weighted by Gasteiger charge is -2.14. The average molecular weight is 539 g/mol. The number of nitrogens with one attached hydrogen (secondary N) is 1. The van der Waals surface area contributed by atoms with Crippen LogP contribution in [0, 0.1) is 11.6 Å². The monoisotopic (exact) mass is 538 g/mol. The van der Waals surface area contributed by atoms with Crippen molar-refractivity contribution in [2.75, 3.05) is 4.72 Å². The second-order valence-electron chi connectivity index (χ2n) is 8.25. The lowest BCUT2D eigenvalue weighted by Crippen LogP contribution is -2.10. The van der Waals surface area contributed by atoms with Gasteiger partial charge < -0.3 is 0 Å². The first-order valence-electron chi connectivity index (χ1n) is 9.98. The Morgan fingerprint density at radius 3 is 2.32 bits per heavy atom. The predicted octanol–water partition coefficient (Wildman–Crippen LogP) is 7.28. The summed E-state index contributed by atoms with van der Waals surface area (Å²) in [5.74, 6) is -1.84. The summed E-state index contributed by atoms with van der Waals surface area (Å²) in [7, 11) is -2.23. The largest absolute Gasteiger partial charge is 0.299 e. The summed E-state index contributed by atoms with van der Waals surface area (Å²) in [6, 6.07) is 10.0. The van der Waals surface area contributed by atoms with Crippen molar-refractivity contribution in [3.8, 4) is 21.8 Å². The topological polar surface area (TPSA) is 67.8 Å². The van der Waals surface area contributed by atoms with Crippen LogP contribution >= 0.6 is 34.5 Å². The summed E-state index contributed by atoms with van der Waals surface area (Å²) in [5, 5.41) is 1.14. The van der Waals surface area contributed by atoms with Crippen molar-refractivity contribution in [3.63, 3.8) is 0 Å². The molecule has 0 saturated heterocycles. The van der Waals surface area contributed by atoms with E-state index in [1.165, 1.54) is 17.4 Å². The molecule has 0 saturated carbocycles. The highest BCUT2D eigenvalue weighted by atomic mass is 35.5. The van der Waals surface area contributed by atoms with Gasteiger partial charge in [-0.3, -0.25) is 4.72 Å². The van der Waals surface area contributed by atoms with Gasteiger partial charge in [-0.25, -0.2) is 27.9 Å². The summed E-state index contributed by atoms with van der Waals surface area (Å²) >= 11 is 14.2. The minimum absolute atomic E-state index is 0.0954. The smallest absolute Gasteiger partial charge is 0.222 e. The normalized spacial score (nSPS) is 12.6. The number of anilines is 1. The molecule has 34 heavy (non-hydrogen) atoms. The maximum Gasteiger partial charge on any atom is 0.222 e. The zero-order valence-corrected chi connectivity index (χ0v) is 21.3. The third-order valence-corrected chi connectivity index (χ3v) is 7.95. The fraction of sp³-hybridized carbons (Fsp3) is 0.174. The zero-order valence-electron chi connectivity index (χ0n) is 18.2. The molecule has 0 amide bonds. The summed E-state index contributed by atoms with van der Waals surface area (Å²) < 4.78 is 43.5. The Kier molecular flexibility index (Phi) is 7.00. The van der Waals surface area contributed by atoms with Crippen LogP contribution in [0.1, 0.15) is 25.8 Å². The van der Waals surface area contributed by atoms with Crippen molar-refractivity contribution < 1.29 is 13.0 Å². The maximum atomic E-state index is 14.1. The first-order chi connectivity index (χ1) is 16.1. The molecule has 11 heteroatoms. The van der Waals surface area contributed by atoms with Crippen LogP contribution in [0.25, 0.3) is 21.8 Å². The standard InChI is InChI=1S/C23H18Cl2F2N4OS2/c1-23(2,3)21-30-18(19(33-21)16-10-11-28-22(25)29-16)12-6-4-9-15(17(12)24)31-34(32)20-13(26)7-5-8-14(20)27/h4-11,31H,1-3H3.